The molecule has 0 aliphatic heterocycles. The number of anilines is 2. The molecule has 0 atom stereocenters. The average Bonchev–Trinajstić information content (AvgIpc) is 2.23. The topological polar surface area (TPSA) is 37.8 Å². The van der Waals surface area contributed by atoms with E-state index < -0.39 is 23.3 Å². The van der Waals surface area contributed by atoms with Crippen LogP contribution in [0.25, 0.3) is 0 Å². The van der Waals surface area contributed by atoms with E-state index in [1.807, 2.05) is 0 Å². The normalized spacial score (nSPS) is 10.4. The molecule has 0 aliphatic carbocycles. The van der Waals surface area contributed by atoms with Crippen LogP contribution in [0.2, 0.25) is 0 Å². The van der Waals surface area contributed by atoms with Crippen LogP contribution in [0.5, 0.6) is 0 Å². The van der Waals surface area contributed by atoms with Gasteiger partial charge < -0.3 is 5.32 Å². The summed E-state index contributed by atoms with van der Waals surface area (Å²) >= 11 is 2.95. The van der Waals surface area contributed by atoms with Crippen molar-refractivity contribution in [1.82, 2.24) is 9.97 Å². The molecule has 2 rings (SSSR count). The second-order valence-corrected chi connectivity index (χ2v) is 4.01. The molecule has 1 aromatic heterocycles. The fourth-order valence-electron chi connectivity index (χ4n) is 1.19. The maximum absolute atomic E-state index is 13.4. The molecule has 0 spiro atoms. The lowest BCUT2D eigenvalue weighted by molar-refractivity contribution is 0.578. The molecule has 0 unspecified atom stereocenters. The summed E-state index contributed by atoms with van der Waals surface area (Å²) in [4.78, 5) is 6.86. The quantitative estimate of drug-likeness (QED) is 0.864. The van der Waals surface area contributed by atoms with Gasteiger partial charge in [0, 0.05) is 10.5 Å². The Morgan fingerprint density at radius 1 is 1.00 bits per heavy atom. The number of rotatable bonds is 2. The summed E-state index contributed by atoms with van der Waals surface area (Å²) < 4.78 is 39.9. The highest BCUT2D eigenvalue weighted by atomic mass is 79.9. The fourth-order valence-corrected chi connectivity index (χ4v) is 1.59. The molecule has 0 radical (unpaired) electrons. The predicted octanol–water partition coefficient (Wildman–Crippen LogP) is 3.40. The van der Waals surface area contributed by atoms with Crippen LogP contribution < -0.4 is 5.32 Å². The second kappa shape index (κ2) is 4.70. The molecule has 1 N–H and O–H groups in total. The molecular formula is C10H5BrF3N3. The smallest absolute Gasteiger partial charge is 0.218 e. The fraction of sp³-hybridized carbons (Fsp3) is 0. The van der Waals surface area contributed by atoms with Gasteiger partial charge in [-0.15, -0.1) is 0 Å². The molecule has 0 aliphatic rings. The molecule has 0 bridgehead atoms. The Bertz CT molecular complexity index is 539. The molecule has 0 saturated carbocycles. The first-order valence-electron chi connectivity index (χ1n) is 4.45. The van der Waals surface area contributed by atoms with Crippen molar-refractivity contribution in [3.05, 3.63) is 46.6 Å². The minimum atomic E-state index is -0.809. The highest BCUT2D eigenvalue weighted by Crippen LogP contribution is 2.26. The summed E-state index contributed by atoms with van der Waals surface area (Å²) in [6.07, 6.45) is 0.951. The van der Waals surface area contributed by atoms with Crippen LogP contribution in [-0.2, 0) is 0 Å². The monoisotopic (exact) mass is 303 g/mol. The van der Waals surface area contributed by atoms with Gasteiger partial charge in [-0.25, -0.2) is 18.7 Å². The third kappa shape index (κ3) is 2.73. The average molecular weight is 304 g/mol. The second-order valence-electron chi connectivity index (χ2n) is 3.10. The molecule has 17 heavy (non-hydrogen) atoms. The highest BCUT2D eigenvalue weighted by molar-refractivity contribution is 9.10. The lowest BCUT2D eigenvalue weighted by atomic mass is 10.3. The van der Waals surface area contributed by atoms with Crippen LogP contribution in [-0.4, -0.2) is 9.97 Å². The van der Waals surface area contributed by atoms with Gasteiger partial charge >= 0.3 is 0 Å². The zero-order valence-electron chi connectivity index (χ0n) is 8.22. The van der Waals surface area contributed by atoms with Crippen LogP contribution in [0.1, 0.15) is 0 Å². The summed E-state index contributed by atoms with van der Waals surface area (Å²) in [6.45, 7) is 0. The molecule has 1 heterocycles. The molecule has 0 fully saturated rings. The number of aromatic nitrogens is 2. The van der Waals surface area contributed by atoms with Gasteiger partial charge in [-0.1, -0.05) is 15.9 Å². The van der Waals surface area contributed by atoms with Crippen LogP contribution in [0, 0.1) is 17.6 Å². The van der Waals surface area contributed by atoms with E-state index in [1.54, 1.807) is 0 Å². The SMILES string of the molecule is Fc1cc(Nc2c(F)cc(Br)cc2F)ncn1. The number of benzene rings is 1. The Kier molecular flexibility index (Phi) is 3.28. The van der Waals surface area contributed by atoms with Gasteiger partial charge in [-0.2, -0.15) is 4.39 Å². The van der Waals surface area contributed by atoms with E-state index in [-0.39, 0.29) is 10.3 Å². The minimum absolute atomic E-state index is 0.0300. The van der Waals surface area contributed by atoms with Gasteiger partial charge in [-0.3, -0.25) is 0 Å². The first kappa shape index (κ1) is 11.8. The van der Waals surface area contributed by atoms with Gasteiger partial charge in [0.05, 0.1) is 0 Å². The van der Waals surface area contributed by atoms with Gasteiger partial charge in [0.1, 0.15) is 17.8 Å². The Hall–Kier alpha value is -1.63. The molecule has 88 valence electrons. The third-order valence-electron chi connectivity index (χ3n) is 1.89. The zero-order valence-corrected chi connectivity index (χ0v) is 9.80. The largest absolute Gasteiger partial charge is 0.335 e. The molecule has 2 aromatic rings. The lowest BCUT2D eigenvalue weighted by Gasteiger charge is -2.08. The Morgan fingerprint density at radius 3 is 2.24 bits per heavy atom. The maximum Gasteiger partial charge on any atom is 0.218 e. The van der Waals surface area contributed by atoms with Crippen molar-refractivity contribution in [3.63, 3.8) is 0 Å². The number of nitrogens with zero attached hydrogens (tertiary/aromatic N) is 2. The number of hydrogen-bond acceptors (Lipinski definition) is 3. The molecule has 0 saturated heterocycles. The summed E-state index contributed by atoms with van der Waals surface area (Å²) in [7, 11) is 0. The van der Waals surface area contributed by atoms with E-state index in [9.17, 15) is 13.2 Å². The van der Waals surface area contributed by atoms with E-state index in [0.717, 1.165) is 24.5 Å². The van der Waals surface area contributed by atoms with Crippen LogP contribution in [0.3, 0.4) is 0 Å². The van der Waals surface area contributed by atoms with E-state index in [0.29, 0.717) is 0 Å². The number of halogens is 4. The number of hydrogen-bond donors (Lipinski definition) is 1. The molecule has 3 nitrogen and oxygen atoms in total. The van der Waals surface area contributed by atoms with Gasteiger partial charge in [0.25, 0.3) is 0 Å². The van der Waals surface area contributed by atoms with Crippen molar-refractivity contribution < 1.29 is 13.2 Å². The summed E-state index contributed by atoms with van der Waals surface area (Å²) in [6, 6.07) is 3.10. The summed E-state index contributed by atoms with van der Waals surface area (Å²) in [5.41, 5.74) is -0.397. The third-order valence-corrected chi connectivity index (χ3v) is 2.35. The van der Waals surface area contributed by atoms with Gasteiger partial charge in [-0.05, 0) is 12.1 Å². The van der Waals surface area contributed by atoms with E-state index in [4.69, 9.17) is 0 Å². The predicted molar refractivity (Wildman–Crippen MR) is 59.3 cm³/mol. The van der Waals surface area contributed by atoms with Gasteiger partial charge in [0.2, 0.25) is 5.95 Å². The van der Waals surface area contributed by atoms with E-state index in [1.165, 1.54) is 0 Å². The Morgan fingerprint density at radius 2 is 1.65 bits per heavy atom. The Balaban J connectivity index is 2.36. The van der Waals surface area contributed by atoms with Crippen LogP contribution >= 0.6 is 15.9 Å². The van der Waals surface area contributed by atoms with E-state index in [2.05, 4.69) is 31.2 Å². The summed E-state index contributed by atoms with van der Waals surface area (Å²) in [5, 5.41) is 2.35. The van der Waals surface area contributed by atoms with E-state index >= 15 is 0 Å². The minimum Gasteiger partial charge on any atom is -0.335 e. The molecule has 7 heteroatoms. The molecule has 0 amide bonds. The van der Waals surface area contributed by atoms with Crippen LogP contribution in [0.4, 0.5) is 24.7 Å². The van der Waals surface area contributed by atoms with Crippen molar-refractivity contribution >= 4 is 27.4 Å². The van der Waals surface area contributed by atoms with Crippen molar-refractivity contribution in [1.29, 1.82) is 0 Å². The summed E-state index contributed by atoms with van der Waals surface area (Å²) in [5.74, 6) is -2.44. The van der Waals surface area contributed by atoms with Crippen molar-refractivity contribution in [2.24, 2.45) is 0 Å². The zero-order chi connectivity index (χ0) is 12.4. The standard InChI is InChI=1S/C10H5BrF3N3/c11-5-1-6(12)10(7(13)2-5)17-9-3-8(14)15-4-16-9/h1-4H,(H,15,16,17). The Labute approximate surface area is 103 Å². The van der Waals surface area contributed by atoms with Crippen molar-refractivity contribution in [3.8, 4) is 0 Å². The first-order chi connectivity index (χ1) is 8.06. The lowest BCUT2D eigenvalue weighted by Crippen LogP contribution is -2.00. The van der Waals surface area contributed by atoms with Crippen molar-refractivity contribution in [2.75, 3.05) is 5.32 Å². The number of nitrogens with one attached hydrogen (secondary N) is 1. The highest BCUT2D eigenvalue weighted by Gasteiger charge is 2.11. The molecular weight excluding hydrogens is 299 g/mol. The van der Waals surface area contributed by atoms with Crippen LogP contribution in [0.15, 0.2) is 29.0 Å². The molecule has 1 aromatic carbocycles. The first-order valence-corrected chi connectivity index (χ1v) is 5.24. The maximum atomic E-state index is 13.4. The van der Waals surface area contributed by atoms with Crippen molar-refractivity contribution in [2.45, 2.75) is 0 Å². The van der Waals surface area contributed by atoms with Gasteiger partial charge in [0.15, 0.2) is 11.6 Å².